The Hall–Kier alpha value is -0.620. The lowest BCUT2D eigenvalue weighted by Gasteiger charge is -2.15. The molecule has 110 valence electrons. The largest absolute Gasteiger partial charge is 0.506 e. The molecule has 0 heterocycles. The maximum absolute atomic E-state index is 11.7. The van der Waals surface area contributed by atoms with Gasteiger partial charge in [0.2, 0.25) is 5.91 Å². The number of carboxylic acids is 1. The number of nitrogens with two attached hydrogens (primary N) is 1. The van der Waals surface area contributed by atoms with Crippen molar-refractivity contribution in [2.75, 3.05) is 0 Å². The van der Waals surface area contributed by atoms with Crippen molar-refractivity contribution in [3.63, 3.8) is 0 Å². The molecule has 0 saturated carbocycles. The lowest BCUT2D eigenvalue weighted by atomic mass is 10.1. The molecule has 0 aliphatic carbocycles. The van der Waals surface area contributed by atoms with Crippen molar-refractivity contribution in [3.8, 4) is 5.75 Å². The third kappa shape index (κ3) is 4.74. The highest BCUT2D eigenvalue weighted by Crippen LogP contribution is 2.27. The van der Waals surface area contributed by atoms with Gasteiger partial charge in [0.1, 0.15) is 11.8 Å². The molecule has 1 rings (SSSR count). The Labute approximate surface area is 143 Å². The van der Waals surface area contributed by atoms with Crippen LogP contribution in [0.1, 0.15) is 12.5 Å². The maximum atomic E-state index is 11.7. The van der Waals surface area contributed by atoms with Crippen LogP contribution in [0.2, 0.25) is 0 Å². The van der Waals surface area contributed by atoms with Crippen LogP contribution < -0.4 is 11.1 Å². The van der Waals surface area contributed by atoms with Crippen molar-refractivity contribution in [2.45, 2.75) is 25.4 Å². The number of halogens is 2. The van der Waals surface area contributed by atoms with Crippen LogP contribution in [0, 0.1) is 7.14 Å². The van der Waals surface area contributed by atoms with Crippen LogP contribution in [-0.2, 0) is 16.0 Å². The first-order chi connectivity index (χ1) is 9.22. The summed E-state index contributed by atoms with van der Waals surface area (Å²) in [6.07, 6.45) is 0.268. The Balaban J connectivity index is 2.73. The highest BCUT2D eigenvalue weighted by molar-refractivity contribution is 14.1. The van der Waals surface area contributed by atoms with Gasteiger partial charge in [-0.1, -0.05) is 0 Å². The van der Waals surface area contributed by atoms with Crippen molar-refractivity contribution < 1.29 is 19.8 Å². The summed E-state index contributed by atoms with van der Waals surface area (Å²) in [6, 6.07) is 1.67. The number of nitrogens with one attached hydrogen (secondary N) is 1. The molecule has 0 aliphatic rings. The van der Waals surface area contributed by atoms with E-state index in [1.54, 1.807) is 12.1 Å². The van der Waals surface area contributed by atoms with Gasteiger partial charge in [0.05, 0.1) is 13.2 Å². The molecule has 0 spiro atoms. The second kappa shape index (κ2) is 7.41. The molecule has 6 nitrogen and oxygen atoms in total. The summed E-state index contributed by atoms with van der Waals surface area (Å²) in [5.74, 6) is -1.43. The van der Waals surface area contributed by atoms with E-state index in [1.165, 1.54) is 6.92 Å². The average molecular weight is 504 g/mol. The number of carboxylic acid groups (broad SMARTS) is 1. The Morgan fingerprint density at radius 2 is 1.85 bits per heavy atom. The van der Waals surface area contributed by atoms with E-state index in [9.17, 15) is 14.7 Å². The number of aromatic hydroxyl groups is 1. The number of phenols is 1. The minimum atomic E-state index is -1.11. The third-order valence-electron chi connectivity index (χ3n) is 2.60. The molecule has 8 heteroatoms. The SMILES string of the molecule is C[C@H](NC(=O)[C@@H](N)Cc1cc(I)c(O)c(I)c1)C(=O)O. The summed E-state index contributed by atoms with van der Waals surface area (Å²) >= 11 is 3.99. The number of hydrogen-bond acceptors (Lipinski definition) is 4. The molecule has 0 radical (unpaired) electrons. The van der Waals surface area contributed by atoms with Crippen LogP contribution in [0.25, 0.3) is 0 Å². The Kier molecular flexibility index (Phi) is 6.45. The quantitative estimate of drug-likeness (QED) is 0.449. The first-order valence-corrected chi connectivity index (χ1v) is 7.83. The standard InChI is InChI=1S/C12H14I2N2O4/c1-5(12(19)20)16-11(18)9(15)4-6-2-7(13)10(17)8(14)3-6/h2-3,5,9,17H,4,15H2,1H3,(H,16,18)(H,19,20)/t5-,9-/m0/s1. The first-order valence-electron chi connectivity index (χ1n) is 5.68. The summed E-state index contributed by atoms with van der Waals surface area (Å²) in [7, 11) is 0. The number of hydrogen-bond donors (Lipinski definition) is 4. The predicted octanol–water partition coefficient (Wildman–Crippen LogP) is 1.06. The second-order valence-corrected chi connectivity index (χ2v) is 6.61. The summed E-state index contributed by atoms with van der Waals surface area (Å²) in [5.41, 5.74) is 6.57. The fourth-order valence-corrected chi connectivity index (χ4v) is 3.36. The average Bonchev–Trinajstić information content (AvgIpc) is 2.35. The normalized spacial score (nSPS) is 13.6. The lowest BCUT2D eigenvalue weighted by molar-refractivity contribution is -0.141. The van der Waals surface area contributed by atoms with Crippen molar-refractivity contribution >= 4 is 57.1 Å². The first kappa shape index (κ1) is 17.4. The Bertz CT molecular complexity index is 513. The van der Waals surface area contributed by atoms with Crippen molar-refractivity contribution in [2.24, 2.45) is 5.73 Å². The summed E-state index contributed by atoms with van der Waals surface area (Å²) in [6.45, 7) is 1.37. The summed E-state index contributed by atoms with van der Waals surface area (Å²) < 4.78 is 1.35. The predicted molar refractivity (Wildman–Crippen MR) is 90.5 cm³/mol. The number of benzene rings is 1. The molecule has 2 atom stereocenters. The highest BCUT2D eigenvalue weighted by atomic mass is 127. The van der Waals surface area contributed by atoms with Crippen molar-refractivity contribution in [1.29, 1.82) is 0 Å². The van der Waals surface area contributed by atoms with Gasteiger partial charge in [0, 0.05) is 0 Å². The zero-order chi connectivity index (χ0) is 15.4. The van der Waals surface area contributed by atoms with Gasteiger partial charge in [-0.3, -0.25) is 9.59 Å². The van der Waals surface area contributed by atoms with E-state index >= 15 is 0 Å². The van der Waals surface area contributed by atoms with E-state index in [4.69, 9.17) is 10.8 Å². The number of aliphatic carboxylic acids is 1. The molecule has 0 unspecified atom stereocenters. The molecular formula is C12H14I2N2O4. The summed E-state index contributed by atoms with van der Waals surface area (Å²) in [4.78, 5) is 22.4. The van der Waals surface area contributed by atoms with Crippen LogP contribution in [0.5, 0.6) is 5.75 Å². The van der Waals surface area contributed by atoms with E-state index < -0.39 is 24.0 Å². The Morgan fingerprint density at radius 3 is 2.30 bits per heavy atom. The van der Waals surface area contributed by atoms with Gasteiger partial charge < -0.3 is 21.3 Å². The zero-order valence-corrected chi connectivity index (χ0v) is 14.9. The van der Waals surface area contributed by atoms with E-state index in [-0.39, 0.29) is 12.2 Å². The molecule has 0 aliphatic heterocycles. The third-order valence-corrected chi connectivity index (χ3v) is 4.24. The summed E-state index contributed by atoms with van der Waals surface area (Å²) in [5, 5.41) is 20.7. The van der Waals surface area contributed by atoms with Gasteiger partial charge in [0.15, 0.2) is 0 Å². The van der Waals surface area contributed by atoms with Crippen LogP contribution >= 0.6 is 45.2 Å². The van der Waals surface area contributed by atoms with Crippen LogP contribution in [-0.4, -0.2) is 34.2 Å². The van der Waals surface area contributed by atoms with E-state index in [0.29, 0.717) is 7.14 Å². The maximum Gasteiger partial charge on any atom is 0.325 e. The molecule has 5 N–H and O–H groups in total. The second-order valence-electron chi connectivity index (χ2n) is 4.29. The van der Waals surface area contributed by atoms with Gasteiger partial charge >= 0.3 is 5.97 Å². The van der Waals surface area contributed by atoms with E-state index in [1.807, 2.05) is 45.2 Å². The highest BCUT2D eigenvalue weighted by Gasteiger charge is 2.20. The zero-order valence-electron chi connectivity index (χ0n) is 10.6. The van der Waals surface area contributed by atoms with Gasteiger partial charge in [-0.25, -0.2) is 0 Å². The number of phenolic OH excluding ortho intramolecular Hbond substituents is 1. The molecule has 1 aromatic carbocycles. The molecular weight excluding hydrogens is 490 g/mol. The topological polar surface area (TPSA) is 113 Å². The molecule has 0 fully saturated rings. The molecule has 0 saturated heterocycles. The fourth-order valence-electron chi connectivity index (χ4n) is 1.46. The van der Waals surface area contributed by atoms with Crippen LogP contribution in [0.3, 0.4) is 0 Å². The molecule has 0 aromatic heterocycles. The molecule has 20 heavy (non-hydrogen) atoms. The van der Waals surface area contributed by atoms with Gasteiger partial charge in [-0.2, -0.15) is 0 Å². The van der Waals surface area contributed by atoms with Crippen molar-refractivity contribution in [3.05, 3.63) is 24.8 Å². The minimum absolute atomic E-state index is 0.201. The van der Waals surface area contributed by atoms with Gasteiger partial charge in [0.25, 0.3) is 0 Å². The number of carbonyl (C=O) groups is 2. The van der Waals surface area contributed by atoms with Gasteiger partial charge in [-0.05, 0) is 76.2 Å². The lowest BCUT2D eigenvalue weighted by Crippen LogP contribution is -2.48. The molecule has 1 amide bonds. The van der Waals surface area contributed by atoms with E-state index in [2.05, 4.69) is 5.32 Å². The van der Waals surface area contributed by atoms with Crippen molar-refractivity contribution in [1.82, 2.24) is 5.32 Å². The van der Waals surface area contributed by atoms with Crippen LogP contribution in [0.4, 0.5) is 0 Å². The number of amides is 1. The monoisotopic (exact) mass is 504 g/mol. The number of rotatable bonds is 5. The molecule has 1 aromatic rings. The fraction of sp³-hybridized carbons (Fsp3) is 0.333. The minimum Gasteiger partial charge on any atom is -0.506 e. The number of carbonyl (C=O) groups excluding carboxylic acids is 1. The van der Waals surface area contributed by atoms with Gasteiger partial charge in [-0.15, -0.1) is 0 Å². The van der Waals surface area contributed by atoms with E-state index in [0.717, 1.165) is 5.56 Å². The molecule has 0 bridgehead atoms. The smallest absolute Gasteiger partial charge is 0.325 e. The Morgan fingerprint density at radius 1 is 1.35 bits per heavy atom. The van der Waals surface area contributed by atoms with Crippen LogP contribution in [0.15, 0.2) is 12.1 Å².